The lowest BCUT2D eigenvalue weighted by Gasteiger charge is -2.19. The van der Waals surface area contributed by atoms with Gasteiger partial charge < -0.3 is 5.73 Å². The molecule has 1 aliphatic carbocycles. The molecule has 0 bridgehead atoms. The van der Waals surface area contributed by atoms with Gasteiger partial charge in [0.25, 0.3) is 0 Å². The second-order valence-corrected chi connectivity index (χ2v) is 3.34. The zero-order valence-corrected chi connectivity index (χ0v) is 8.00. The summed E-state index contributed by atoms with van der Waals surface area (Å²) >= 11 is 0. The van der Waals surface area contributed by atoms with Crippen molar-refractivity contribution in [2.24, 2.45) is 16.8 Å². The highest BCUT2D eigenvalue weighted by Gasteiger charge is 2.16. The summed E-state index contributed by atoms with van der Waals surface area (Å²) in [5.41, 5.74) is 9.25. The minimum absolute atomic E-state index is 0.400. The Hall–Kier alpha value is -1.32. The molecule has 0 aromatic rings. The van der Waals surface area contributed by atoms with E-state index in [0.717, 1.165) is 24.1 Å². The Morgan fingerprint density at radius 3 is 3.00 bits per heavy atom. The Morgan fingerprint density at radius 1 is 1.77 bits per heavy atom. The number of hydrazone groups is 1. The molecular formula is C9H15N3O. The molecule has 4 nitrogen and oxygen atoms in total. The van der Waals surface area contributed by atoms with Crippen LogP contribution in [0, 0.1) is 5.92 Å². The van der Waals surface area contributed by atoms with E-state index in [9.17, 15) is 4.79 Å². The number of primary amides is 1. The van der Waals surface area contributed by atoms with Gasteiger partial charge in [0.15, 0.2) is 0 Å². The molecule has 0 fully saturated rings. The maximum atomic E-state index is 10.4. The summed E-state index contributed by atoms with van der Waals surface area (Å²) in [5, 5.41) is 3.97. The largest absolute Gasteiger partial charge is 0.350 e. The fourth-order valence-corrected chi connectivity index (χ4v) is 1.49. The Balaban J connectivity index is 2.74. The first-order valence-corrected chi connectivity index (χ1v) is 4.41. The molecule has 0 heterocycles. The number of hydrogen-bond donors (Lipinski definition) is 2. The first kappa shape index (κ1) is 9.77. The molecule has 3 N–H and O–H groups in total. The molecule has 0 aromatic heterocycles. The van der Waals surface area contributed by atoms with Crippen LogP contribution in [0.15, 0.2) is 16.8 Å². The summed E-state index contributed by atoms with van der Waals surface area (Å²) in [4.78, 5) is 10.4. The molecule has 0 saturated carbocycles. The Morgan fingerprint density at radius 2 is 2.46 bits per heavy atom. The summed E-state index contributed by atoms with van der Waals surface area (Å²) in [5.74, 6) is 0.400. The van der Waals surface area contributed by atoms with Gasteiger partial charge in [0.1, 0.15) is 0 Å². The van der Waals surface area contributed by atoms with E-state index in [1.54, 1.807) is 0 Å². The molecule has 72 valence electrons. The van der Waals surface area contributed by atoms with Crippen LogP contribution in [0.2, 0.25) is 0 Å². The first-order valence-electron chi connectivity index (χ1n) is 4.41. The summed E-state index contributed by atoms with van der Waals surface area (Å²) in [6, 6.07) is -0.613. The Kier molecular flexibility index (Phi) is 3.06. The van der Waals surface area contributed by atoms with Crippen molar-refractivity contribution in [3.63, 3.8) is 0 Å². The van der Waals surface area contributed by atoms with Crippen LogP contribution in [0.1, 0.15) is 26.7 Å². The predicted molar refractivity (Wildman–Crippen MR) is 52.3 cm³/mol. The van der Waals surface area contributed by atoms with Crippen LogP contribution in [0.3, 0.4) is 0 Å². The molecule has 1 rings (SSSR count). The molecule has 1 atom stereocenters. The van der Waals surface area contributed by atoms with Crippen LogP contribution in [-0.4, -0.2) is 11.7 Å². The number of amides is 2. The van der Waals surface area contributed by atoms with Crippen molar-refractivity contribution in [2.75, 3.05) is 0 Å². The number of nitrogens with two attached hydrogens (primary N) is 1. The molecule has 0 spiro atoms. The number of allylic oxidation sites excluding steroid dienone is 2. The van der Waals surface area contributed by atoms with Gasteiger partial charge in [-0.25, -0.2) is 10.2 Å². The van der Waals surface area contributed by atoms with Crippen molar-refractivity contribution in [1.82, 2.24) is 5.43 Å². The highest BCUT2D eigenvalue weighted by Crippen LogP contribution is 2.20. The number of rotatable bonds is 1. The summed E-state index contributed by atoms with van der Waals surface area (Å²) in [7, 11) is 0. The van der Waals surface area contributed by atoms with Crippen LogP contribution in [0.25, 0.3) is 0 Å². The van der Waals surface area contributed by atoms with E-state index in [0.29, 0.717) is 5.92 Å². The molecule has 0 aliphatic heterocycles. The minimum atomic E-state index is -0.613. The first-order chi connectivity index (χ1) is 6.11. The van der Waals surface area contributed by atoms with Gasteiger partial charge in [0, 0.05) is 5.92 Å². The zero-order valence-electron chi connectivity index (χ0n) is 8.00. The highest BCUT2D eigenvalue weighted by molar-refractivity contribution is 6.02. The Labute approximate surface area is 77.9 Å². The number of hydrogen-bond acceptors (Lipinski definition) is 2. The third-order valence-electron chi connectivity index (χ3n) is 2.21. The molecule has 0 unspecified atom stereocenters. The average Bonchev–Trinajstić information content (AvgIpc) is 2.03. The van der Waals surface area contributed by atoms with Gasteiger partial charge in [0.2, 0.25) is 0 Å². The Bertz CT molecular complexity index is 268. The van der Waals surface area contributed by atoms with E-state index < -0.39 is 6.03 Å². The van der Waals surface area contributed by atoms with Crippen LogP contribution in [-0.2, 0) is 0 Å². The van der Waals surface area contributed by atoms with Crippen molar-refractivity contribution >= 4 is 11.7 Å². The lowest BCUT2D eigenvalue weighted by atomic mass is 9.89. The average molecular weight is 181 g/mol. The maximum absolute atomic E-state index is 10.4. The monoisotopic (exact) mass is 181 g/mol. The molecule has 13 heavy (non-hydrogen) atoms. The van der Waals surface area contributed by atoms with Crippen molar-refractivity contribution in [3.05, 3.63) is 11.6 Å². The van der Waals surface area contributed by atoms with E-state index in [-0.39, 0.29) is 0 Å². The molecule has 4 heteroatoms. The van der Waals surface area contributed by atoms with Crippen LogP contribution in [0.4, 0.5) is 4.79 Å². The fourth-order valence-electron chi connectivity index (χ4n) is 1.49. The SMILES string of the molecule is CC1=CCC[C@@H](C)/C1=N/NC(N)=O. The normalized spacial score (nSPS) is 25.5. The van der Waals surface area contributed by atoms with E-state index in [1.807, 2.05) is 6.92 Å². The fraction of sp³-hybridized carbons (Fsp3) is 0.556. The van der Waals surface area contributed by atoms with E-state index in [2.05, 4.69) is 23.5 Å². The molecule has 0 radical (unpaired) electrons. The van der Waals surface area contributed by atoms with Crippen molar-refractivity contribution in [2.45, 2.75) is 26.7 Å². The van der Waals surface area contributed by atoms with Crippen molar-refractivity contribution in [3.8, 4) is 0 Å². The molecule has 0 saturated heterocycles. The van der Waals surface area contributed by atoms with E-state index in [4.69, 9.17) is 5.73 Å². The van der Waals surface area contributed by atoms with E-state index >= 15 is 0 Å². The number of nitrogens with one attached hydrogen (secondary N) is 1. The van der Waals surface area contributed by atoms with Gasteiger partial charge in [-0.2, -0.15) is 5.10 Å². The van der Waals surface area contributed by atoms with Gasteiger partial charge in [0.05, 0.1) is 5.71 Å². The third kappa shape index (κ3) is 2.57. The van der Waals surface area contributed by atoms with Gasteiger partial charge >= 0.3 is 6.03 Å². The second kappa shape index (κ2) is 4.07. The molecule has 2 amide bonds. The van der Waals surface area contributed by atoms with Crippen molar-refractivity contribution in [1.29, 1.82) is 0 Å². The highest BCUT2D eigenvalue weighted by atomic mass is 16.2. The predicted octanol–water partition coefficient (Wildman–Crippen LogP) is 1.39. The van der Waals surface area contributed by atoms with Crippen LogP contribution < -0.4 is 11.2 Å². The second-order valence-electron chi connectivity index (χ2n) is 3.34. The van der Waals surface area contributed by atoms with Crippen molar-refractivity contribution < 1.29 is 4.79 Å². The minimum Gasteiger partial charge on any atom is -0.350 e. The van der Waals surface area contributed by atoms with Gasteiger partial charge in [-0.05, 0) is 25.3 Å². The summed E-state index contributed by atoms with van der Waals surface area (Å²) in [6.45, 7) is 4.09. The molecule has 0 aromatic carbocycles. The topological polar surface area (TPSA) is 67.5 Å². The number of nitrogens with zero attached hydrogens (tertiary/aromatic N) is 1. The zero-order chi connectivity index (χ0) is 9.84. The van der Waals surface area contributed by atoms with Gasteiger partial charge in [-0.3, -0.25) is 0 Å². The standard InChI is InChI=1S/C9H15N3O/c1-6-4-3-5-7(2)8(6)11-12-9(10)13/h4,7H,3,5H2,1-2H3,(H3,10,12,13)/b11-8+/t7-/m1/s1. The van der Waals surface area contributed by atoms with Gasteiger partial charge in [-0.15, -0.1) is 0 Å². The quantitative estimate of drug-likeness (QED) is 0.590. The molecular weight excluding hydrogens is 166 g/mol. The van der Waals surface area contributed by atoms with E-state index in [1.165, 1.54) is 0 Å². The van der Waals surface area contributed by atoms with Crippen LogP contribution in [0.5, 0.6) is 0 Å². The molecule has 1 aliphatic rings. The maximum Gasteiger partial charge on any atom is 0.332 e. The smallest absolute Gasteiger partial charge is 0.332 e. The van der Waals surface area contributed by atoms with Crippen LogP contribution >= 0.6 is 0 Å². The summed E-state index contributed by atoms with van der Waals surface area (Å²) in [6.07, 6.45) is 4.29. The lowest BCUT2D eigenvalue weighted by Crippen LogP contribution is -2.28. The third-order valence-corrected chi connectivity index (χ3v) is 2.21. The number of carbonyl (C=O) groups is 1. The number of carbonyl (C=O) groups excluding carboxylic acids is 1. The van der Waals surface area contributed by atoms with Gasteiger partial charge in [-0.1, -0.05) is 13.0 Å². The lowest BCUT2D eigenvalue weighted by molar-refractivity contribution is 0.249. The summed E-state index contributed by atoms with van der Waals surface area (Å²) < 4.78 is 0. The number of urea groups is 1.